The second kappa shape index (κ2) is 12.7. The molecule has 0 bridgehead atoms. The predicted octanol–water partition coefficient (Wildman–Crippen LogP) is 4.78. The molecule has 8 heteroatoms. The maximum Gasteiger partial charge on any atom is 0.191 e. The van der Waals surface area contributed by atoms with Crippen LogP contribution in [0.15, 0.2) is 47.5 Å². The number of aliphatic hydroxyl groups excluding tert-OH is 1. The number of hydrogen-bond acceptors (Lipinski definition) is 4. The van der Waals surface area contributed by atoms with Crippen LogP contribution in [-0.4, -0.2) is 37.3 Å². The molecule has 3 rings (SSSR count). The zero-order valence-corrected chi connectivity index (χ0v) is 20.4. The van der Waals surface area contributed by atoms with Crippen molar-refractivity contribution in [1.29, 1.82) is 0 Å². The number of thiophene rings is 1. The molecule has 1 aliphatic rings. The molecule has 1 aromatic heterocycles. The molecule has 0 spiro atoms. The summed E-state index contributed by atoms with van der Waals surface area (Å²) in [6.07, 6.45) is 1.64. The van der Waals surface area contributed by atoms with Crippen LogP contribution in [0.25, 0.3) is 0 Å². The van der Waals surface area contributed by atoms with E-state index in [1.807, 2.05) is 19.1 Å². The molecule has 1 aliphatic heterocycles. The number of hydrogen-bond donors (Lipinski definition) is 3. The van der Waals surface area contributed by atoms with Gasteiger partial charge in [0.25, 0.3) is 0 Å². The summed E-state index contributed by atoms with van der Waals surface area (Å²) in [4.78, 5) is 5.38. The van der Waals surface area contributed by atoms with Gasteiger partial charge in [-0.1, -0.05) is 41.9 Å². The second-order valence-electron chi connectivity index (χ2n) is 6.86. The van der Waals surface area contributed by atoms with Crippen LogP contribution in [0.2, 0.25) is 4.34 Å². The summed E-state index contributed by atoms with van der Waals surface area (Å²) in [6.45, 7) is 4.65. The van der Waals surface area contributed by atoms with E-state index in [-0.39, 0.29) is 36.6 Å². The van der Waals surface area contributed by atoms with Gasteiger partial charge in [-0.15, -0.1) is 35.3 Å². The molecule has 5 nitrogen and oxygen atoms in total. The molecule has 1 fully saturated rings. The number of nitrogens with one attached hydrogen (secondary N) is 2. The van der Waals surface area contributed by atoms with Crippen molar-refractivity contribution in [2.75, 3.05) is 26.2 Å². The standard InChI is InChI=1S/C21H28ClN3O2S.HI/c1-2-23-21(25-14-17(26)18-10-11-19(22)28-18)24-13-16-9-6-12-27-20(16)15-7-4-3-5-8-15;/h3-5,7-8,10-11,16-17,20,26H,2,6,9,12-14H2,1H3,(H2,23,24,25);1H. The Morgan fingerprint density at radius 2 is 2.07 bits per heavy atom. The highest BCUT2D eigenvalue weighted by Crippen LogP contribution is 2.33. The van der Waals surface area contributed by atoms with Crippen molar-refractivity contribution in [2.45, 2.75) is 32.0 Å². The van der Waals surface area contributed by atoms with E-state index >= 15 is 0 Å². The Bertz CT molecular complexity index is 759. The Kier molecular flexibility index (Phi) is 10.7. The molecule has 29 heavy (non-hydrogen) atoms. The molecule has 0 amide bonds. The van der Waals surface area contributed by atoms with Crippen LogP contribution >= 0.6 is 46.9 Å². The molecule has 2 aromatic rings. The molecule has 0 radical (unpaired) electrons. The van der Waals surface area contributed by atoms with Crippen LogP contribution in [-0.2, 0) is 4.74 Å². The number of aliphatic imine (C=N–C) groups is 1. The van der Waals surface area contributed by atoms with Gasteiger partial charge in [0.2, 0.25) is 0 Å². The Hall–Kier alpha value is -0.870. The average Bonchev–Trinajstić information content (AvgIpc) is 3.17. The van der Waals surface area contributed by atoms with E-state index in [2.05, 4.69) is 39.9 Å². The number of nitrogens with zero attached hydrogens (tertiary/aromatic N) is 1. The average molecular weight is 550 g/mol. The van der Waals surface area contributed by atoms with E-state index in [0.717, 1.165) is 37.4 Å². The number of benzene rings is 1. The summed E-state index contributed by atoms with van der Waals surface area (Å²) in [5, 5.41) is 17.0. The van der Waals surface area contributed by atoms with Gasteiger partial charge in [0.15, 0.2) is 5.96 Å². The summed E-state index contributed by atoms with van der Waals surface area (Å²) in [5.41, 5.74) is 1.22. The molecule has 0 saturated carbocycles. The third-order valence-corrected chi connectivity index (χ3v) is 6.13. The molecule has 2 heterocycles. The zero-order chi connectivity index (χ0) is 19.8. The normalized spacial score (nSPS) is 20.6. The predicted molar refractivity (Wildman–Crippen MR) is 132 cm³/mol. The van der Waals surface area contributed by atoms with E-state index in [1.165, 1.54) is 16.9 Å². The van der Waals surface area contributed by atoms with Gasteiger partial charge in [-0.25, -0.2) is 0 Å². The Balaban J connectivity index is 0.00000300. The third kappa shape index (κ3) is 7.40. The van der Waals surface area contributed by atoms with Crippen molar-refractivity contribution in [3.8, 4) is 0 Å². The van der Waals surface area contributed by atoms with Gasteiger partial charge in [0.1, 0.15) is 6.10 Å². The minimum absolute atomic E-state index is 0. The fraction of sp³-hybridized carbons (Fsp3) is 0.476. The van der Waals surface area contributed by atoms with Crippen molar-refractivity contribution in [3.05, 3.63) is 57.2 Å². The first-order valence-electron chi connectivity index (χ1n) is 9.79. The lowest BCUT2D eigenvalue weighted by Crippen LogP contribution is -2.42. The highest BCUT2D eigenvalue weighted by Gasteiger charge is 2.27. The van der Waals surface area contributed by atoms with Crippen molar-refractivity contribution >= 4 is 52.9 Å². The van der Waals surface area contributed by atoms with E-state index in [9.17, 15) is 5.11 Å². The molecule has 3 unspecified atom stereocenters. The van der Waals surface area contributed by atoms with Gasteiger partial charge in [0.05, 0.1) is 17.0 Å². The number of aliphatic hydroxyl groups is 1. The fourth-order valence-corrected chi connectivity index (χ4v) is 4.45. The summed E-state index contributed by atoms with van der Waals surface area (Å²) in [5.74, 6) is 1.09. The van der Waals surface area contributed by atoms with Crippen molar-refractivity contribution in [2.24, 2.45) is 10.9 Å². The third-order valence-electron chi connectivity index (χ3n) is 4.79. The fourth-order valence-electron chi connectivity index (χ4n) is 3.41. The van der Waals surface area contributed by atoms with Crippen molar-refractivity contribution in [1.82, 2.24) is 10.6 Å². The van der Waals surface area contributed by atoms with Crippen molar-refractivity contribution in [3.63, 3.8) is 0 Å². The number of guanidine groups is 1. The number of halogens is 2. The summed E-state index contributed by atoms with van der Waals surface area (Å²) in [7, 11) is 0. The maximum atomic E-state index is 10.3. The molecule has 160 valence electrons. The Morgan fingerprint density at radius 3 is 2.76 bits per heavy atom. The largest absolute Gasteiger partial charge is 0.386 e. The second-order valence-corrected chi connectivity index (χ2v) is 8.61. The topological polar surface area (TPSA) is 65.9 Å². The quantitative estimate of drug-likeness (QED) is 0.264. The monoisotopic (exact) mass is 549 g/mol. The lowest BCUT2D eigenvalue weighted by Gasteiger charge is -2.32. The van der Waals surface area contributed by atoms with Crippen LogP contribution < -0.4 is 10.6 Å². The molecule has 0 aliphatic carbocycles. The van der Waals surface area contributed by atoms with Gasteiger partial charge in [0, 0.05) is 30.5 Å². The number of ether oxygens (including phenoxy) is 1. The van der Waals surface area contributed by atoms with Crippen LogP contribution in [0.1, 0.15) is 42.4 Å². The molecule has 3 atom stereocenters. The molecule has 3 N–H and O–H groups in total. The molecule has 1 aromatic carbocycles. The minimum Gasteiger partial charge on any atom is -0.386 e. The summed E-state index contributed by atoms with van der Waals surface area (Å²) < 4.78 is 6.75. The van der Waals surface area contributed by atoms with Gasteiger partial charge < -0.3 is 20.5 Å². The van der Waals surface area contributed by atoms with Crippen LogP contribution in [0.4, 0.5) is 0 Å². The first-order chi connectivity index (χ1) is 13.7. The Morgan fingerprint density at radius 1 is 1.28 bits per heavy atom. The SMILES string of the molecule is CCNC(=NCC(O)c1ccc(Cl)s1)NCC1CCCOC1c1ccccc1.I. The van der Waals surface area contributed by atoms with E-state index in [1.54, 1.807) is 6.07 Å². The molecule has 1 saturated heterocycles. The van der Waals surface area contributed by atoms with Crippen molar-refractivity contribution < 1.29 is 9.84 Å². The number of rotatable bonds is 7. The van der Waals surface area contributed by atoms with E-state index < -0.39 is 6.10 Å². The zero-order valence-electron chi connectivity index (χ0n) is 16.5. The lowest BCUT2D eigenvalue weighted by atomic mass is 9.89. The van der Waals surface area contributed by atoms with E-state index in [4.69, 9.17) is 16.3 Å². The van der Waals surface area contributed by atoms with Crippen LogP contribution in [0, 0.1) is 5.92 Å². The highest BCUT2D eigenvalue weighted by atomic mass is 127. The van der Waals surface area contributed by atoms with E-state index in [0.29, 0.717) is 16.2 Å². The minimum atomic E-state index is -0.650. The van der Waals surface area contributed by atoms with Crippen LogP contribution in [0.5, 0.6) is 0 Å². The van der Waals surface area contributed by atoms with Gasteiger partial charge in [-0.05, 0) is 37.5 Å². The maximum absolute atomic E-state index is 10.3. The summed E-state index contributed by atoms with van der Waals surface area (Å²) >= 11 is 7.34. The van der Waals surface area contributed by atoms with Gasteiger partial charge >= 0.3 is 0 Å². The van der Waals surface area contributed by atoms with Gasteiger partial charge in [-0.2, -0.15) is 0 Å². The Labute approximate surface area is 198 Å². The highest BCUT2D eigenvalue weighted by molar-refractivity contribution is 14.0. The lowest BCUT2D eigenvalue weighted by molar-refractivity contribution is -0.0265. The molecular weight excluding hydrogens is 521 g/mol. The first kappa shape index (κ1) is 24.4. The summed E-state index contributed by atoms with van der Waals surface area (Å²) in [6, 6.07) is 14.0. The van der Waals surface area contributed by atoms with Crippen LogP contribution in [0.3, 0.4) is 0 Å². The first-order valence-corrected chi connectivity index (χ1v) is 11.0. The van der Waals surface area contributed by atoms with Gasteiger partial charge in [-0.3, -0.25) is 4.99 Å². The molecular formula is C21H29ClIN3O2S. The smallest absolute Gasteiger partial charge is 0.191 e.